The molecule has 78 valence electrons. The standard InChI is InChI=1S/C14H8I2/c15-13-5-1-3-9-7-12-10(8-11(9)13)4-2-6-14(12)16/h1-8H. The predicted molar refractivity (Wildman–Crippen MR) is 86.9 cm³/mol. The predicted octanol–water partition coefficient (Wildman–Crippen LogP) is 5.20. The maximum absolute atomic E-state index is 2.40. The van der Waals surface area contributed by atoms with Crippen molar-refractivity contribution in [1.82, 2.24) is 0 Å². The van der Waals surface area contributed by atoms with Crippen molar-refractivity contribution in [3.8, 4) is 0 Å². The highest BCUT2D eigenvalue weighted by atomic mass is 127. The first-order valence-electron chi connectivity index (χ1n) is 5.02. The van der Waals surface area contributed by atoms with Gasteiger partial charge in [-0.15, -0.1) is 0 Å². The Hall–Kier alpha value is -0.360. The van der Waals surface area contributed by atoms with Crippen molar-refractivity contribution in [2.75, 3.05) is 0 Å². The van der Waals surface area contributed by atoms with Crippen LogP contribution in [0.1, 0.15) is 0 Å². The van der Waals surface area contributed by atoms with E-state index in [0.29, 0.717) is 0 Å². The number of benzene rings is 3. The Balaban J connectivity index is 2.54. The molecular formula is C14H8I2. The molecule has 0 unspecified atom stereocenters. The highest BCUT2D eigenvalue weighted by molar-refractivity contribution is 14.1. The molecule has 3 aromatic carbocycles. The van der Waals surface area contributed by atoms with Gasteiger partial charge >= 0.3 is 0 Å². The number of fused-ring (bicyclic) bond motifs is 2. The Morgan fingerprint density at radius 2 is 1.06 bits per heavy atom. The molecule has 0 spiro atoms. The van der Waals surface area contributed by atoms with Gasteiger partial charge in [-0.1, -0.05) is 24.3 Å². The largest absolute Gasteiger partial charge is 0.0606 e. The van der Waals surface area contributed by atoms with Crippen LogP contribution < -0.4 is 0 Å². The molecule has 0 aliphatic heterocycles. The summed E-state index contributed by atoms with van der Waals surface area (Å²) in [6.45, 7) is 0. The number of hydrogen-bond donors (Lipinski definition) is 0. The van der Waals surface area contributed by atoms with Crippen LogP contribution >= 0.6 is 45.2 Å². The number of rotatable bonds is 0. The van der Waals surface area contributed by atoms with Crippen molar-refractivity contribution in [2.45, 2.75) is 0 Å². The summed E-state index contributed by atoms with van der Waals surface area (Å²) in [6, 6.07) is 17.5. The Labute approximate surface area is 121 Å². The molecular weight excluding hydrogens is 422 g/mol. The molecule has 0 nitrogen and oxygen atoms in total. The zero-order valence-corrected chi connectivity index (χ0v) is 12.7. The van der Waals surface area contributed by atoms with Crippen LogP contribution in [-0.4, -0.2) is 0 Å². The molecule has 0 heterocycles. The highest BCUT2D eigenvalue weighted by Gasteiger charge is 2.02. The van der Waals surface area contributed by atoms with Crippen LogP contribution in [0.4, 0.5) is 0 Å². The second-order valence-corrected chi connectivity index (χ2v) is 6.10. The minimum absolute atomic E-state index is 1.32. The monoisotopic (exact) mass is 430 g/mol. The average Bonchev–Trinajstić information content (AvgIpc) is 2.29. The molecule has 0 saturated carbocycles. The van der Waals surface area contributed by atoms with Gasteiger partial charge in [-0.05, 0) is 91.0 Å². The third-order valence-corrected chi connectivity index (χ3v) is 4.65. The minimum Gasteiger partial charge on any atom is -0.0606 e. The lowest BCUT2D eigenvalue weighted by Crippen LogP contribution is -1.81. The Morgan fingerprint density at radius 3 is 1.50 bits per heavy atom. The summed E-state index contributed by atoms with van der Waals surface area (Å²) in [7, 11) is 0. The van der Waals surface area contributed by atoms with Gasteiger partial charge in [0.15, 0.2) is 0 Å². The molecule has 0 aromatic heterocycles. The Morgan fingerprint density at radius 1 is 0.625 bits per heavy atom. The molecule has 16 heavy (non-hydrogen) atoms. The van der Waals surface area contributed by atoms with Gasteiger partial charge in [0, 0.05) is 7.14 Å². The van der Waals surface area contributed by atoms with Gasteiger partial charge in [0.1, 0.15) is 0 Å². The third kappa shape index (κ3) is 1.72. The second-order valence-electron chi connectivity index (χ2n) is 3.77. The van der Waals surface area contributed by atoms with E-state index >= 15 is 0 Å². The molecule has 0 amide bonds. The fraction of sp³-hybridized carbons (Fsp3) is 0. The lowest BCUT2D eigenvalue weighted by molar-refractivity contribution is 1.70. The van der Waals surface area contributed by atoms with Crippen LogP contribution in [0.15, 0.2) is 48.5 Å². The van der Waals surface area contributed by atoms with Gasteiger partial charge in [-0.25, -0.2) is 0 Å². The van der Waals surface area contributed by atoms with E-state index in [4.69, 9.17) is 0 Å². The van der Waals surface area contributed by atoms with Crippen LogP contribution in [0.3, 0.4) is 0 Å². The third-order valence-electron chi connectivity index (χ3n) is 2.77. The van der Waals surface area contributed by atoms with Gasteiger partial charge in [0.25, 0.3) is 0 Å². The van der Waals surface area contributed by atoms with Gasteiger partial charge in [-0.3, -0.25) is 0 Å². The van der Waals surface area contributed by atoms with E-state index in [1.54, 1.807) is 0 Å². The topological polar surface area (TPSA) is 0 Å². The fourth-order valence-corrected chi connectivity index (χ4v) is 3.32. The minimum atomic E-state index is 1.32. The molecule has 0 radical (unpaired) electrons. The van der Waals surface area contributed by atoms with Gasteiger partial charge in [-0.2, -0.15) is 0 Å². The highest BCUT2D eigenvalue weighted by Crippen LogP contribution is 2.28. The zero-order valence-electron chi connectivity index (χ0n) is 8.37. The smallest absolute Gasteiger partial charge is 0.0209 e. The SMILES string of the molecule is Ic1cccc2cc3c(I)cccc3cc12. The summed E-state index contributed by atoms with van der Waals surface area (Å²) in [5, 5.41) is 5.34. The Bertz CT molecular complexity index is 625. The lowest BCUT2D eigenvalue weighted by Gasteiger charge is -2.05. The molecule has 0 aliphatic rings. The van der Waals surface area contributed by atoms with Crippen molar-refractivity contribution in [1.29, 1.82) is 0 Å². The fourth-order valence-electron chi connectivity index (χ4n) is 1.97. The van der Waals surface area contributed by atoms with Gasteiger partial charge < -0.3 is 0 Å². The van der Waals surface area contributed by atoms with Crippen LogP contribution in [0, 0.1) is 7.14 Å². The van der Waals surface area contributed by atoms with E-state index in [-0.39, 0.29) is 0 Å². The summed E-state index contributed by atoms with van der Waals surface area (Å²) in [5.41, 5.74) is 0. The van der Waals surface area contributed by atoms with Gasteiger partial charge in [0.2, 0.25) is 0 Å². The van der Waals surface area contributed by atoms with Crippen LogP contribution in [0.2, 0.25) is 0 Å². The summed E-state index contributed by atoms with van der Waals surface area (Å²) in [6.07, 6.45) is 0. The molecule has 0 bridgehead atoms. The molecule has 3 rings (SSSR count). The Kier molecular flexibility index (Phi) is 2.79. The first-order valence-corrected chi connectivity index (χ1v) is 7.18. The summed E-state index contributed by atoms with van der Waals surface area (Å²) >= 11 is 4.80. The first kappa shape index (κ1) is 10.8. The van der Waals surface area contributed by atoms with Crippen molar-refractivity contribution < 1.29 is 0 Å². The summed E-state index contributed by atoms with van der Waals surface area (Å²) < 4.78 is 2.63. The summed E-state index contributed by atoms with van der Waals surface area (Å²) in [4.78, 5) is 0. The normalized spacial score (nSPS) is 11.1. The molecule has 3 aromatic rings. The molecule has 0 saturated heterocycles. The average molecular weight is 430 g/mol. The number of hydrogen-bond acceptors (Lipinski definition) is 0. The quantitative estimate of drug-likeness (QED) is 0.340. The van der Waals surface area contributed by atoms with E-state index in [1.807, 2.05) is 0 Å². The first-order chi connectivity index (χ1) is 7.75. The van der Waals surface area contributed by atoms with E-state index in [9.17, 15) is 0 Å². The molecule has 2 heteroatoms. The van der Waals surface area contributed by atoms with E-state index in [1.165, 1.54) is 28.7 Å². The molecule has 0 N–H and O–H groups in total. The van der Waals surface area contributed by atoms with Crippen molar-refractivity contribution in [3.05, 3.63) is 55.7 Å². The van der Waals surface area contributed by atoms with Crippen molar-refractivity contribution in [2.24, 2.45) is 0 Å². The van der Waals surface area contributed by atoms with Crippen molar-refractivity contribution >= 4 is 66.7 Å². The number of halogens is 2. The molecule has 0 aliphatic carbocycles. The second kappa shape index (κ2) is 4.14. The lowest BCUT2D eigenvalue weighted by atomic mass is 10.0. The van der Waals surface area contributed by atoms with E-state index < -0.39 is 0 Å². The van der Waals surface area contributed by atoms with Crippen LogP contribution in [0.5, 0.6) is 0 Å². The van der Waals surface area contributed by atoms with Gasteiger partial charge in [0.05, 0.1) is 0 Å². The maximum Gasteiger partial charge on any atom is 0.0209 e. The molecule has 0 fully saturated rings. The summed E-state index contributed by atoms with van der Waals surface area (Å²) in [5.74, 6) is 0. The van der Waals surface area contributed by atoms with E-state index in [2.05, 4.69) is 93.7 Å². The van der Waals surface area contributed by atoms with Crippen LogP contribution in [0.25, 0.3) is 21.5 Å². The van der Waals surface area contributed by atoms with Crippen molar-refractivity contribution in [3.63, 3.8) is 0 Å². The van der Waals surface area contributed by atoms with E-state index in [0.717, 1.165) is 0 Å². The van der Waals surface area contributed by atoms with Crippen LogP contribution in [-0.2, 0) is 0 Å². The zero-order chi connectivity index (χ0) is 11.1. The molecule has 0 atom stereocenters. The maximum atomic E-state index is 2.40.